The Morgan fingerprint density at radius 2 is 1.83 bits per heavy atom. The lowest BCUT2D eigenvalue weighted by Gasteiger charge is -2.31. The predicted octanol–water partition coefficient (Wildman–Crippen LogP) is 3.46. The fourth-order valence-corrected chi connectivity index (χ4v) is 4.60. The van der Waals surface area contributed by atoms with Crippen LogP contribution in [0.2, 0.25) is 5.02 Å². The second-order valence-corrected chi connectivity index (χ2v) is 10.6. The van der Waals surface area contributed by atoms with Crippen LogP contribution in [0, 0.1) is 0 Å². The Morgan fingerprint density at radius 1 is 1.11 bits per heavy atom. The highest BCUT2D eigenvalue weighted by molar-refractivity contribution is 7.92. The van der Waals surface area contributed by atoms with Crippen molar-refractivity contribution in [3.63, 3.8) is 0 Å². The molecule has 11 heteroatoms. The molecular formula is C25H34ClN3O6S. The number of ether oxygens (including phenoxy) is 2. The van der Waals surface area contributed by atoms with Gasteiger partial charge in [0, 0.05) is 13.1 Å². The minimum Gasteiger partial charge on any atom is -0.497 e. The molecule has 0 aliphatic carbocycles. The SMILES string of the molecule is CCCCNC(=O)[C@@H](C)N(Cc1cccc(OC)c1)C(=O)CN(c1ccc(OC)c(Cl)c1)S(C)(=O)=O. The fourth-order valence-electron chi connectivity index (χ4n) is 3.51. The highest BCUT2D eigenvalue weighted by Gasteiger charge is 2.30. The molecule has 0 spiro atoms. The summed E-state index contributed by atoms with van der Waals surface area (Å²) in [5, 5.41) is 3.04. The molecule has 2 amide bonds. The molecule has 0 aliphatic rings. The summed E-state index contributed by atoms with van der Waals surface area (Å²) in [6, 6.07) is 10.7. The zero-order valence-corrected chi connectivity index (χ0v) is 22.9. The van der Waals surface area contributed by atoms with Crippen LogP contribution < -0.4 is 19.1 Å². The van der Waals surface area contributed by atoms with Crippen molar-refractivity contribution in [1.82, 2.24) is 10.2 Å². The van der Waals surface area contributed by atoms with Gasteiger partial charge in [0.25, 0.3) is 0 Å². The Bertz CT molecular complexity index is 1160. The number of benzene rings is 2. The Balaban J connectivity index is 2.39. The number of halogens is 1. The highest BCUT2D eigenvalue weighted by Crippen LogP contribution is 2.30. The number of nitrogens with one attached hydrogen (secondary N) is 1. The second-order valence-electron chi connectivity index (χ2n) is 8.28. The summed E-state index contributed by atoms with van der Waals surface area (Å²) in [5.41, 5.74) is 0.937. The Hall–Kier alpha value is -2.98. The lowest BCUT2D eigenvalue weighted by molar-refractivity contribution is -0.139. The van der Waals surface area contributed by atoms with Gasteiger partial charge in [0.1, 0.15) is 24.1 Å². The number of methoxy groups -OCH3 is 2. The molecule has 1 atom stereocenters. The van der Waals surface area contributed by atoms with Gasteiger partial charge in [-0.05, 0) is 49.2 Å². The number of hydrogen-bond donors (Lipinski definition) is 1. The van der Waals surface area contributed by atoms with Crippen molar-refractivity contribution in [3.05, 3.63) is 53.1 Å². The summed E-state index contributed by atoms with van der Waals surface area (Å²) in [7, 11) is -0.880. The summed E-state index contributed by atoms with van der Waals surface area (Å²) >= 11 is 6.20. The Labute approximate surface area is 218 Å². The van der Waals surface area contributed by atoms with Crippen molar-refractivity contribution in [3.8, 4) is 11.5 Å². The lowest BCUT2D eigenvalue weighted by atomic mass is 10.1. The van der Waals surface area contributed by atoms with Gasteiger partial charge in [-0.2, -0.15) is 0 Å². The zero-order chi connectivity index (χ0) is 26.9. The monoisotopic (exact) mass is 539 g/mol. The van der Waals surface area contributed by atoms with Gasteiger partial charge in [0.15, 0.2) is 0 Å². The van der Waals surface area contributed by atoms with Gasteiger partial charge in [-0.3, -0.25) is 13.9 Å². The normalized spacial score (nSPS) is 11.9. The maximum Gasteiger partial charge on any atom is 0.244 e. The van der Waals surface area contributed by atoms with Gasteiger partial charge in [-0.25, -0.2) is 8.42 Å². The first-order valence-electron chi connectivity index (χ1n) is 11.5. The number of hydrogen-bond acceptors (Lipinski definition) is 6. The van der Waals surface area contributed by atoms with E-state index in [2.05, 4.69) is 5.32 Å². The van der Waals surface area contributed by atoms with Crippen molar-refractivity contribution < 1.29 is 27.5 Å². The molecule has 0 saturated carbocycles. The number of sulfonamides is 1. The third-order valence-electron chi connectivity index (χ3n) is 5.59. The molecule has 36 heavy (non-hydrogen) atoms. The van der Waals surface area contributed by atoms with E-state index in [9.17, 15) is 18.0 Å². The van der Waals surface area contributed by atoms with Gasteiger partial charge in [0.2, 0.25) is 21.8 Å². The molecule has 9 nitrogen and oxygen atoms in total. The number of carbonyl (C=O) groups is 2. The fraction of sp³-hybridized carbons (Fsp3) is 0.440. The average Bonchev–Trinajstić information content (AvgIpc) is 2.84. The molecule has 0 aromatic heterocycles. The number of nitrogens with zero attached hydrogens (tertiary/aromatic N) is 2. The van der Waals surface area contributed by atoms with Crippen LogP contribution in [0.3, 0.4) is 0 Å². The second kappa shape index (κ2) is 13.4. The maximum atomic E-state index is 13.6. The van der Waals surface area contributed by atoms with Crippen molar-refractivity contribution in [2.75, 3.05) is 37.9 Å². The molecular weight excluding hydrogens is 506 g/mol. The minimum absolute atomic E-state index is 0.0827. The molecule has 0 fully saturated rings. The molecule has 1 N–H and O–H groups in total. The van der Waals surface area contributed by atoms with Crippen LogP contribution in [0.1, 0.15) is 32.3 Å². The molecule has 0 radical (unpaired) electrons. The number of unbranched alkanes of at least 4 members (excludes halogenated alkanes) is 1. The van der Waals surface area contributed by atoms with Crippen LogP contribution in [0.5, 0.6) is 11.5 Å². The van der Waals surface area contributed by atoms with E-state index in [0.717, 1.165) is 29.0 Å². The number of carbonyl (C=O) groups excluding carboxylic acids is 2. The third-order valence-corrected chi connectivity index (χ3v) is 7.02. The van der Waals surface area contributed by atoms with E-state index < -0.39 is 28.5 Å². The van der Waals surface area contributed by atoms with E-state index in [4.69, 9.17) is 21.1 Å². The van der Waals surface area contributed by atoms with Crippen LogP contribution in [0.4, 0.5) is 5.69 Å². The van der Waals surface area contributed by atoms with Gasteiger partial charge >= 0.3 is 0 Å². The van der Waals surface area contributed by atoms with E-state index in [1.54, 1.807) is 25.1 Å². The number of rotatable bonds is 13. The molecule has 0 heterocycles. The molecule has 198 valence electrons. The topological polar surface area (TPSA) is 105 Å². The van der Waals surface area contributed by atoms with Crippen LogP contribution >= 0.6 is 11.6 Å². The molecule has 2 aromatic carbocycles. The van der Waals surface area contributed by atoms with Crippen LogP contribution in [-0.2, 0) is 26.2 Å². The number of amides is 2. The van der Waals surface area contributed by atoms with Crippen molar-refractivity contribution >= 4 is 39.1 Å². The first-order chi connectivity index (χ1) is 17.0. The summed E-state index contributed by atoms with van der Waals surface area (Å²) in [4.78, 5) is 27.8. The summed E-state index contributed by atoms with van der Waals surface area (Å²) in [5.74, 6) is 0.106. The lowest BCUT2D eigenvalue weighted by Crippen LogP contribution is -2.51. The van der Waals surface area contributed by atoms with Crippen LogP contribution in [0.15, 0.2) is 42.5 Å². The van der Waals surface area contributed by atoms with Crippen LogP contribution in [-0.4, -0.2) is 64.7 Å². The number of anilines is 1. The summed E-state index contributed by atoms with van der Waals surface area (Å²) < 4.78 is 36.7. The highest BCUT2D eigenvalue weighted by atomic mass is 35.5. The van der Waals surface area contributed by atoms with E-state index in [0.29, 0.717) is 18.0 Å². The first-order valence-corrected chi connectivity index (χ1v) is 13.8. The zero-order valence-electron chi connectivity index (χ0n) is 21.3. The van der Waals surface area contributed by atoms with Crippen molar-refractivity contribution in [2.45, 2.75) is 39.3 Å². The first kappa shape index (κ1) is 29.3. The molecule has 2 aromatic rings. The quantitative estimate of drug-likeness (QED) is 0.391. The van der Waals surface area contributed by atoms with E-state index in [-0.39, 0.29) is 23.2 Å². The Kier molecular flexibility index (Phi) is 10.9. The maximum absolute atomic E-state index is 13.6. The van der Waals surface area contributed by atoms with Gasteiger partial charge in [-0.1, -0.05) is 37.1 Å². The van der Waals surface area contributed by atoms with Gasteiger partial charge in [-0.15, -0.1) is 0 Å². The van der Waals surface area contributed by atoms with Crippen molar-refractivity contribution in [2.24, 2.45) is 0 Å². The molecule has 0 saturated heterocycles. The van der Waals surface area contributed by atoms with Gasteiger partial charge in [0.05, 0.1) is 31.2 Å². The molecule has 0 unspecified atom stereocenters. The largest absolute Gasteiger partial charge is 0.497 e. The standard InChI is InChI=1S/C25H34ClN3O6S/c1-6-7-13-27-25(31)18(2)28(16-19-9-8-10-21(14-19)34-3)24(30)17-29(36(5,32)33)20-11-12-23(35-4)22(26)15-20/h8-12,14-15,18H,6-7,13,16-17H2,1-5H3,(H,27,31)/t18-/m1/s1. The molecule has 0 aliphatic heterocycles. The average molecular weight is 540 g/mol. The predicted molar refractivity (Wildman–Crippen MR) is 141 cm³/mol. The van der Waals surface area contributed by atoms with Gasteiger partial charge < -0.3 is 19.7 Å². The van der Waals surface area contributed by atoms with E-state index in [1.807, 2.05) is 13.0 Å². The minimum atomic E-state index is -3.86. The van der Waals surface area contributed by atoms with Crippen molar-refractivity contribution in [1.29, 1.82) is 0 Å². The summed E-state index contributed by atoms with van der Waals surface area (Å²) in [6.07, 6.45) is 2.73. The summed E-state index contributed by atoms with van der Waals surface area (Å²) in [6.45, 7) is 3.69. The van der Waals surface area contributed by atoms with Crippen LogP contribution in [0.25, 0.3) is 0 Å². The van der Waals surface area contributed by atoms with E-state index >= 15 is 0 Å². The molecule has 2 rings (SSSR count). The Morgan fingerprint density at radius 3 is 2.42 bits per heavy atom. The van der Waals surface area contributed by atoms with E-state index in [1.165, 1.54) is 37.3 Å². The smallest absolute Gasteiger partial charge is 0.244 e. The third kappa shape index (κ3) is 8.03. The molecule has 0 bridgehead atoms.